The molecule has 1 aromatic carbocycles. The van der Waals surface area contributed by atoms with Gasteiger partial charge in [-0.25, -0.2) is 4.68 Å². The van der Waals surface area contributed by atoms with E-state index in [0.717, 1.165) is 5.56 Å². The molecule has 156 valence electrons. The average molecular weight is 410 g/mol. The molecule has 1 aliphatic heterocycles. The number of tetrazole rings is 1. The zero-order valence-corrected chi connectivity index (χ0v) is 15.5. The van der Waals surface area contributed by atoms with Crippen LogP contribution in [0.5, 0.6) is 0 Å². The number of likely N-dealkylation sites (tertiary alicyclic amines) is 1. The van der Waals surface area contributed by atoms with E-state index in [1.807, 2.05) is 35.6 Å². The van der Waals surface area contributed by atoms with Gasteiger partial charge in [-0.3, -0.25) is 9.59 Å². The Bertz CT molecular complexity index is 805. The maximum atomic E-state index is 13.1. The number of alkyl halides is 3. The zero-order chi connectivity index (χ0) is 20.9. The second kappa shape index (κ2) is 9.01. The Morgan fingerprint density at radius 3 is 2.45 bits per heavy atom. The summed E-state index contributed by atoms with van der Waals surface area (Å²) >= 11 is 0. The van der Waals surface area contributed by atoms with Gasteiger partial charge in [0.15, 0.2) is 0 Å². The van der Waals surface area contributed by atoms with Crippen LogP contribution in [0.25, 0.3) is 0 Å². The molecule has 1 saturated heterocycles. The number of halogens is 3. The lowest BCUT2D eigenvalue weighted by Crippen LogP contribution is -2.46. The van der Waals surface area contributed by atoms with Crippen LogP contribution in [-0.4, -0.2) is 62.7 Å². The summed E-state index contributed by atoms with van der Waals surface area (Å²) in [5, 5.41) is 13.0. The van der Waals surface area contributed by atoms with Crippen molar-refractivity contribution in [3.8, 4) is 0 Å². The Balaban J connectivity index is 1.60. The highest BCUT2D eigenvalue weighted by molar-refractivity contribution is 5.82. The standard InChI is InChI=1S/C18H21F3N6O2/c19-18(20,21)11-22-16(28)14-6-8-26(9-7-14)17(29)15(27-12-23-24-25-27)10-13-4-2-1-3-5-13/h1-5,12,14-15H,6-11H2,(H,22,28)/t15-/m0/s1. The van der Waals surface area contributed by atoms with E-state index in [4.69, 9.17) is 0 Å². The van der Waals surface area contributed by atoms with Crippen molar-refractivity contribution in [2.24, 2.45) is 5.92 Å². The number of aromatic nitrogens is 4. The molecule has 2 heterocycles. The van der Waals surface area contributed by atoms with E-state index in [1.165, 1.54) is 11.0 Å². The van der Waals surface area contributed by atoms with Gasteiger partial charge in [-0.15, -0.1) is 5.10 Å². The van der Waals surface area contributed by atoms with Crippen LogP contribution in [-0.2, 0) is 16.0 Å². The van der Waals surface area contributed by atoms with Gasteiger partial charge in [-0.05, 0) is 28.8 Å². The number of benzene rings is 1. The summed E-state index contributed by atoms with van der Waals surface area (Å²) in [6.45, 7) is -0.768. The van der Waals surface area contributed by atoms with E-state index in [-0.39, 0.29) is 19.0 Å². The van der Waals surface area contributed by atoms with Crippen molar-refractivity contribution < 1.29 is 22.8 Å². The molecule has 0 spiro atoms. The third-order valence-electron chi connectivity index (χ3n) is 4.88. The number of hydrogen-bond acceptors (Lipinski definition) is 5. The summed E-state index contributed by atoms with van der Waals surface area (Å²) in [5.74, 6) is -1.35. The number of amides is 2. The zero-order valence-electron chi connectivity index (χ0n) is 15.5. The summed E-state index contributed by atoms with van der Waals surface area (Å²) < 4.78 is 38.2. The van der Waals surface area contributed by atoms with Gasteiger partial charge in [-0.1, -0.05) is 30.3 Å². The molecule has 0 saturated carbocycles. The Morgan fingerprint density at radius 1 is 1.17 bits per heavy atom. The van der Waals surface area contributed by atoms with Crippen molar-refractivity contribution in [2.75, 3.05) is 19.6 Å². The molecule has 0 radical (unpaired) electrons. The van der Waals surface area contributed by atoms with E-state index in [9.17, 15) is 22.8 Å². The Labute approximate surface area is 165 Å². The molecule has 1 fully saturated rings. The molecule has 0 unspecified atom stereocenters. The highest BCUT2D eigenvalue weighted by atomic mass is 19.4. The Morgan fingerprint density at radius 2 is 1.86 bits per heavy atom. The molecule has 2 aromatic rings. The van der Waals surface area contributed by atoms with Gasteiger partial charge in [0, 0.05) is 25.4 Å². The fraction of sp³-hybridized carbons (Fsp3) is 0.500. The first-order valence-electron chi connectivity index (χ1n) is 9.23. The normalized spacial score (nSPS) is 16.4. The van der Waals surface area contributed by atoms with Crippen LogP contribution in [0.1, 0.15) is 24.4 Å². The SMILES string of the molecule is O=C(NCC(F)(F)F)C1CCN(C(=O)[C@H](Cc2ccccc2)n2cnnn2)CC1. The third-order valence-corrected chi connectivity index (χ3v) is 4.88. The van der Waals surface area contributed by atoms with Crippen LogP contribution in [0.15, 0.2) is 36.7 Å². The first-order valence-corrected chi connectivity index (χ1v) is 9.23. The fourth-order valence-corrected chi connectivity index (χ4v) is 3.35. The summed E-state index contributed by atoms with van der Waals surface area (Å²) in [6, 6.07) is 8.81. The number of piperidine rings is 1. The topological polar surface area (TPSA) is 93.0 Å². The smallest absolute Gasteiger partial charge is 0.347 e. The summed E-state index contributed by atoms with van der Waals surface area (Å²) in [6.07, 6.45) is -2.05. The summed E-state index contributed by atoms with van der Waals surface area (Å²) in [5.41, 5.74) is 0.947. The number of nitrogens with one attached hydrogen (secondary N) is 1. The van der Waals surface area contributed by atoms with E-state index < -0.39 is 30.6 Å². The predicted molar refractivity (Wildman–Crippen MR) is 95.4 cm³/mol. The number of carbonyl (C=O) groups is 2. The number of rotatable bonds is 6. The second-order valence-electron chi connectivity index (χ2n) is 6.93. The molecule has 0 bridgehead atoms. The van der Waals surface area contributed by atoms with Gasteiger partial charge < -0.3 is 10.2 Å². The molecule has 29 heavy (non-hydrogen) atoms. The van der Waals surface area contributed by atoms with Crippen molar-refractivity contribution in [1.29, 1.82) is 0 Å². The number of nitrogens with zero attached hydrogens (tertiary/aromatic N) is 5. The fourth-order valence-electron chi connectivity index (χ4n) is 3.35. The van der Waals surface area contributed by atoms with Crippen LogP contribution in [0.4, 0.5) is 13.2 Å². The van der Waals surface area contributed by atoms with Gasteiger partial charge in [0.25, 0.3) is 0 Å². The lowest BCUT2D eigenvalue weighted by atomic mass is 9.95. The van der Waals surface area contributed by atoms with Crippen LogP contribution >= 0.6 is 0 Å². The summed E-state index contributed by atoms with van der Waals surface area (Å²) in [4.78, 5) is 26.6. The molecule has 8 nitrogen and oxygen atoms in total. The lowest BCUT2D eigenvalue weighted by molar-refractivity contribution is -0.143. The van der Waals surface area contributed by atoms with Crippen molar-refractivity contribution >= 4 is 11.8 Å². The largest absolute Gasteiger partial charge is 0.405 e. The van der Waals surface area contributed by atoms with Crippen LogP contribution in [0.2, 0.25) is 0 Å². The molecule has 1 aromatic heterocycles. The maximum absolute atomic E-state index is 13.1. The summed E-state index contributed by atoms with van der Waals surface area (Å²) in [7, 11) is 0. The van der Waals surface area contributed by atoms with E-state index in [1.54, 1.807) is 4.90 Å². The maximum Gasteiger partial charge on any atom is 0.405 e. The van der Waals surface area contributed by atoms with Crippen molar-refractivity contribution in [1.82, 2.24) is 30.4 Å². The Hall–Kier alpha value is -2.98. The van der Waals surface area contributed by atoms with Crippen molar-refractivity contribution in [3.05, 3.63) is 42.2 Å². The average Bonchev–Trinajstić information content (AvgIpc) is 3.24. The monoisotopic (exact) mass is 410 g/mol. The minimum absolute atomic E-state index is 0.185. The van der Waals surface area contributed by atoms with Gasteiger partial charge in [-0.2, -0.15) is 13.2 Å². The molecule has 11 heteroatoms. The molecule has 2 amide bonds. The van der Waals surface area contributed by atoms with Crippen LogP contribution in [0, 0.1) is 5.92 Å². The van der Waals surface area contributed by atoms with E-state index in [2.05, 4.69) is 15.5 Å². The van der Waals surface area contributed by atoms with Gasteiger partial charge in [0.05, 0.1) is 0 Å². The first-order chi connectivity index (χ1) is 13.8. The predicted octanol–water partition coefficient (Wildman–Crippen LogP) is 1.37. The molecule has 3 rings (SSSR count). The number of hydrogen-bond donors (Lipinski definition) is 1. The first kappa shape index (κ1) is 20.7. The van der Waals surface area contributed by atoms with Crippen molar-refractivity contribution in [3.63, 3.8) is 0 Å². The highest BCUT2D eigenvalue weighted by Gasteiger charge is 2.34. The molecular weight excluding hydrogens is 389 g/mol. The quantitative estimate of drug-likeness (QED) is 0.777. The molecule has 1 atom stereocenters. The van der Waals surface area contributed by atoms with Gasteiger partial charge in [0.2, 0.25) is 11.8 Å². The highest BCUT2D eigenvalue weighted by Crippen LogP contribution is 2.23. The molecule has 1 N–H and O–H groups in total. The number of carbonyl (C=O) groups excluding carboxylic acids is 2. The van der Waals surface area contributed by atoms with E-state index >= 15 is 0 Å². The molecule has 1 aliphatic rings. The lowest BCUT2D eigenvalue weighted by Gasteiger charge is -2.33. The minimum atomic E-state index is -4.44. The van der Waals surface area contributed by atoms with Gasteiger partial charge in [0.1, 0.15) is 18.9 Å². The molecular formula is C18H21F3N6O2. The van der Waals surface area contributed by atoms with Crippen LogP contribution in [0.3, 0.4) is 0 Å². The Kier molecular flexibility index (Phi) is 6.45. The van der Waals surface area contributed by atoms with E-state index in [0.29, 0.717) is 19.3 Å². The van der Waals surface area contributed by atoms with Gasteiger partial charge >= 0.3 is 6.18 Å². The third kappa shape index (κ3) is 5.75. The minimum Gasteiger partial charge on any atom is -0.347 e. The molecule has 0 aliphatic carbocycles. The van der Waals surface area contributed by atoms with Crippen molar-refractivity contribution in [2.45, 2.75) is 31.5 Å². The second-order valence-corrected chi connectivity index (χ2v) is 6.93. The van der Waals surface area contributed by atoms with Crippen LogP contribution < -0.4 is 5.32 Å².